The van der Waals surface area contributed by atoms with Gasteiger partial charge in [-0.3, -0.25) is 9.48 Å². The van der Waals surface area contributed by atoms with Crippen molar-refractivity contribution in [3.05, 3.63) is 52.6 Å². The molecule has 0 radical (unpaired) electrons. The lowest BCUT2D eigenvalue weighted by Crippen LogP contribution is -2.04. The fourth-order valence-corrected chi connectivity index (χ4v) is 2.52. The quantitative estimate of drug-likeness (QED) is 0.696. The molecule has 0 aliphatic rings. The van der Waals surface area contributed by atoms with Crippen LogP contribution in [0.5, 0.6) is 0 Å². The Kier molecular flexibility index (Phi) is 3.06. The first-order valence-corrected chi connectivity index (χ1v) is 6.59. The Balaban J connectivity index is 1.97. The molecule has 3 rings (SSSR count). The van der Waals surface area contributed by atoms with Crippen molar-refractivity contribution in [1.29, 1.82) is 0 Å². The molecule has 0 fully saturated rings. The number of aryl methyl sites for hydroxylation is 2. The molecule has 3 heterocycles. The highest BCUT2D eigenvalue weighted by Crippen LogP contribution is 2.21. The molecule has 0 aromatic carbocycles. The highest BCUT2D eigenvalue weighted by atomic mass is 35.5. The van der Waals surface area contributed by atoms with Gasteiger partial charge in [0.1, 0.15) is 5.15 Å². The predicted molar refractivity (Wildman–Crippen MR) is 76.2 cm³/mol. The maximum absolute atomic E-state index is 12.5. The number of Topliss-reactive ketones (excluding diaryl/α,β-unsaturated/α-hetero) is 1. The summed E-state index contributed by atoms with van der Waals surface area (Å²) >= 11 is 6.17. The molecule has 0 bridgehead atoms. The van der Waals surface area contributed by atoms with Crippen LogP contribution >= 0.6 is 11.6 Å². The molecule has 0 spiro atoms. The van der Waals surface area contributed by atoms with Crippen molar-refractivity contribution in [2.75, 3.05) is 0 Å². The third-order valence-corrected chi connectivity index (χ3v) is 3.81. The van der Waals surface area contributed by atoms with Gasteiger partial charge in [0.25, 0.3) is 0 Å². The van der Waals surface area contributed by atoms with Crippen LogP contribution in [0.25, 0.3) is 5.52 Å². The Hall–Kier alpha value is -2.14. The number of hydrogen-bond donors (Lipinski definition) is 0. The molecule has 20 heavy (non-hydrogen) atoms. The van der Waals surface area contributed by atoms with E-state index in [-0.39, 0.29) is 12.2 Å². The summed E-state index contributed by atoms with van der Waals surface area (Å²) in [6.45, 7) is 1.85. The van der Waals surface area contributed by atoms with Crippen molar-refractivity contribution in [1.82, 2.24) is 19.4 Å². The number of nitrogens with zero attached hydrogens (tertiary/aromatic N) is 4. The van der Waals surface area contributed by atoms with Crippen LogP contribution < -0.4 is 0 Å². The minimum Gasteiger partial charge on any atom is -0.294 e. The maximum atomic E-state index is 12.5. The van der Waals surface area contributed by atoms with Crippen molar-refractivity contribution < 1.29 is 4.79 Å². The lowest BCUT2D eigenvalue weighted by atomic mass is 10.1. The van der Waals surface area contributed by atoms with Crippen molar-refractivity contribution in [2.45, 2.75) is 13.3 Å². The van der Waals surface area contributed by atoms with Gasteiger partial charge in [-0.25, -0.2) is 4.52 Å². The molecule has 0 aliphatic carbocycles. The summed E-state index contributed by atoms with van der Waals surface area (Å²) < 4.78 is 3.26. The van der Waals surface area contributed by atoms with Gasteiger partial charge in [-0.05, 0) is 19.1 Å². The van der Waals surface area contributed by atoms with Gasteiger partial charge < -0.3 is 0 Å². The van der Waals surface area contributed by atoms with E-state index in [4.69, 9.17) is 11.6 Å². The topological polar surface area (TPSA) is 52.2 Å². The number of carbonyl (C=O) groups is 1. The first-order chi connectivity index (χ1) is 9.58. The van der Waals surface area contributed by atoms with Gasteiger partial charge in [0.2, 0.25) is 0 Å². The van der Waals surface area contributed by atoms with Gasteiger partial charge in [-0.1, -0.05) is 17.7 Å². The maximum Gasteiger partial charge on any atom is 0.171 e. The molecular formula is C14H13ClN4O. The minimum absolute atomic E-state index is 0.01000. The van der Waals surface area contributed by atoms with Crippen LogP contribution in [0, 0.1) is 6.92 Å². The van der Waals surface area contributed by atoms with E-state index in [0.29, 0.717) is 10.7 Å². The summed E-state index contributed by atoms with van der Waals surface area (Å²) in [5.41, 5.74) is 2.96. The normalized spacial score (nSPS) is 11.2. The van der Waals surface area contributed by atoms with Crippen LogP contribution in [0.3, 0.4) is 0 Å². The molecule has 0 amide bonds. The van der Waals surface area contributed by atoms with Crippen LogP contribution in [-0.4, -0.2) is 25.2 Å². The second kappa shape index (κ2) is 4.76. The minimum atomic E-state index is -0.01000. The van der Waals surface area contributed by atoms with E-state index >= 15 is 0 Å². The Labute approximate surface area is 120 Å². The van der Waals surface area contributed by atoms with Crippen molar-refractivity contribution in [3.63, 3.8) is 0 Å². The molecule has 0 unspecified atom stereocenters. The zero-order chi connectivity index (χ0) is 14.3. The van der Waals surface area contributed by atoms with Gasteiger partial charge in [-0.15, -0.1) is 0 Å². The lowest BCUT2D eigenvalue weighted by Gasteiger charge is -2.00. The fourth-order valence-electron chi connectivity index (χ4n) is 2.28. The Morgan fingerprint density at radius 1 is 1.40 bits per heavy atom. The number of aromatic nitrogens is 4. The standard InChI is InChI=1S/C14H13ClN4O/c1-9-10(14(15)18(2)17-9)7-13(20)11-8-16-19-6-4-3-5-12(11)19/h3-6,8H,7H2,1-2H3. The summed E-state index contributed by atoms with van der Waals surface area (Å²) in [6.07, 6.45) is 3.64. The van der Waals surface area contributed by atoms with Crippen LogP contribution in [0.15, 0.2) is 30.6 Å². The number of carbonyl (C=O) groups excluding carboxylic acids is 1. The summed E-state index contributed by atoms with van der Waals surface area (Å²) in [5.74, 6) is -0.01000. The van der Waals surface area contributed by atoms with Crippen LogP contribution in [0.1, 0.15) is 21.6 Å². The molecule has 0 atom stereocenters. The third-order valence-electron chi connectivity index (χ3n) is 3.33. The van der Waals surface area contributed by atoms with Gasteiger partial charge >= 0.3 is 0 Å². The number of hydrogen-bond acceptors (Lipinski definition) is 3. The second-order valence-corrected chi connectivity index (χ2v) is 5.03. The average molecular weight is 289 g/mol. The Morgan fingerprint density at radius 3 is 2.90 bits per heavy atom. The molecule has 0 saturated heterocycles. The summed E-state index contributed by atoms with van der Waals surface area (Å²) in [5, 5.41) is 8.90. The van der Waals surface area contributed by atoms with Crippen molar-refractivity contribution in [2.24, 2.45) is 7.05 Å². The molecule has 0 saturated carbocycles. The average Bonchev–Trinajstić information content (AvgIpc) is 2.96. The highest BCUT2D eigenvalue weighted by Gasteiger charge is 2.18. The fraction of sp³-hybridized carbons (Fsp3) is 0.214. The number of ketones is 1. The lowest BCUT2D eigenvalue weighted by molar-refractivity contribution is 0.0994. The molecule has 102 valence electrons. The number of halogens is 1. The Morgan fingerprint density at radius 2 is 2.20 bits per heavy atom. The van der Waals surface area contributed by atoms with Crippen molar-refractivity contribution in [3.8, 4) is 0 Å². The van der Waals surface area contributed by atoms with Gasteiger partial charge in [0.05, 0.1) is 23.0 Å². The zero-order valence-electron chi connectivity index (χ0n) is 11.2. The van der Waals surface area contributed by atoms with E-state index < -0.39 is 0 Å². The van der Waals surface area contributed by atoms with E-state index in [1.54, 1.807) is 22.4 Å². The van der Waals surface area contributed by atoms with Crippen molar-refractivity contribution >= 4 is 22.9 Å². The molecular weight excluding hydrogens is 276 g/mol. The number of rotatable bonds is 3. The highest BCUT2D eigenvalue weighted by molar-refractivity contribution is 6.30. The molecule has 5 nitrogen and oxygen atoms in total. The van der Waals surface area contributed by atoms with E-state index in [1.807, 2.05) is 31.3 Å². The summed E-state index contributed by atoms with van der Waals surface area (Å²) in [6, 6.07) is 5.63. The van der Waals surface area contributed by atoms with Gasteiger partial charge in [0.15, 0.2) is 5.78 Å². The zero-order valence-corrected chi connectivity index (χ0v) is 11.9. The smallest absolute Gasteiger partial charge is 0.171 e. The first kappa shape index (κ1) is 12.9. The van der Waals surface area contributed by atoms with Crippen LogP contribution in [-0.2, 0) is 13.5 Å². The predicted octanol–water partition coefficient (Wildman–Crippen LogP) is 2.46. The van der Waals surface area contributed by atoms with E-state index in [9.17, 15) is 4.79 Å². The van der Waals surface area contributed by atoms with E-state index in [2.05, 4.69) is 10.2 Å². The molecule has 3 aromatic rings. The first-order valence-electron chi connectivity index (χ1n) is 6.21. The second-order valence-electron chi connectivity index (χ2n) is 4.67. The molecule has 6 heteroatoms. The van der Waals surface area contributed by atoms with Crippen LogP contribution in [0.4, 0.5) is 0 Å². The van der Waals surface area contributed by atoms with E-state index in [1.165, 1.54) is 0 Å². The van der Waals surface area contributed by atoms with Crippen LogP contribution in [0.2, 0.25) is 5.15 Å². The molecule has 0 N–H and O–H groups in total. The number of fused-ring (bicyclic) bond motifs is 1. The monoisotopic (exact) mass is 288 g/mol. The van der Waals surface area contributed by atoms with Gasteiger partial charge in [-0.2, -0.15) is 10.2 Å². The van der Waals surface area contributed by atoms with Gasteiger partial charge in [0, 0.05) is 25.2 Å². The largest absolute Gasteiger partial charge is 0.294 e. The molecule has 0 aliphatic heterocycles. The molecule has 3 aromatic heterocycles. The van der Waals surface area contributed by atoms with E-state index in [0.717, 1.165) is 16.8 Å². The summed E-state index contributed by atoms with van der Waals surface area (Å²) in [4.78, 5) is 12.5. The third kappa shape index (κ3) is 2.00. The number of pyridine rings is 1. The summed E-state index contributed by atoms with van der Waals surface area (Å²) in [7, 11) is 1.76. The SMILES string of the molecule is Cc1nn(C)c(Cl)c1CC(=O)c1cnn2ccccc12. The Bertz CT molecular complexity index is 803.